The first-order valence-corrected chi connectivity index (χ1v) is 8.10. The fraction of sp³-hybridized carbons (Fsp3) is 0.667. The molecular weight excluding hydrogens is 249 g/mol. The fourth-order valence-corrected chi connectivity index (χ4v) is 4.76. The van der Waals surface area contributed by atoms with Crippen LogP contribution < -0.4 is 5.32 Å². The monoisotopic (exact) mass is 275 g/mol. The van der Waals surface area contributed by atoms with Crippen LogP contribution in [0.2, 0.25) is 0 Å². The zero-order valence-corrected chi connectivity index (χ0v) is 12.7. The van der Waals surface area contributed by atoms with Crippen LogP contribution >= 0.6 is 0 Å². The second kappa shape index (κ2) is 5.48. The molecule has 4 unspecified atom stereocenters. The third-order valence-electron chi connectivity index (χ3n) is 6.15. The predicted octanol–water partition coefficient (Wildman–Crippen LogP) is 4.35. The molecular formula is C18H26FN. The molecule has 20 heavy (non-hydrogen) atoms. The molecule has 0 bridgehead atoms. The van der Waals surface area contributed by atoms with Crippen molar-refractivity contribution in [3.8, 4) is 0 Å². The lowest BCUT2D eigenvalue weighted by Gasteiger charge is -2.53. The van der Waals surface area contributed by atoms with Gasteiger partial charge in [0.25, 0.3) is 0 Å². The van der Waals surface area contributed by atoms with Gasteiger partial charge in [0.1, 0.15) is 5.82 Å². The van der Waals surface area contributed by atoms with E-state index >= 15 is 0 Å². The van der Waals surface area contributed by atoms with Gasteiger partial charge in [-0.3, -0.25) is 0 Å². The van der Waals surface area contributed by atoms with Crippen LogP contribution in [0.25, 0.3) is 0 Å². The van der Waals surface area contributed by atoms with Crippen molar-refractivity contribution in [3.63, 3.8) is 0 Å². The number of rotatable bonds is 1. The van der Waals surface area contributed by atoms with Crippen molar-refractivity contribution in [2.24, 2.45) is 17.3 Å². The molecule has 0 amide bonds. The molecule has 0 aromatic heterocycles. The maximum Gasteiger partial charge on any atom is 0.126 e. The Hall–Kier alpha value is -0.890. The molecule has 1 heterocycles. The van der Waals surface area contributed by atoms with Crippen LogP contribution in [-0.4, -0.2) is 13.1 Å². The highest BCUT2D eigenvalue weighted by atomic mass is 19.1. The lowest BCUT2D eigenvalue weighted by molar-refractivity contribution is 0.00796. The molecule has 2 heteroatoms. The first-order chi connectivity index (χ1) is 9.65. The van der Waals surface area contributed by atoms with Crippen LogP contribution in [0.1, 0.15) is 51.0 Å². The molecule has 1 aromatic rings. The standard InChI is InChI=1S/C18H26FN/c1-13-6-5-9-18(14(13)2)10-11-20-12-16(18)15-7-3-4-8-17(15)19/h3-4,7-8,13-14,16,20H,5-6,9-12H2,1-2H3. The first-order valence-electron chi connectivity index (χ1n) is 8.10. The highest BCUT2D eigenvalue weighted by Crippen LogP contribution is 2.55. The SMILES string of the molecule is CC1CCCC2(CCNCC2c2ccccc2F)C1C. The molecule has 1 aromatic carbocycles. The van der Waals surface area contributed by atoms with E-state index in [4.69, 9.17) is 0 Å². The second-order valence-electron chi connectivity index (χ2n) is 6.92. The number of hydrogen-bond donors (Lipinski definition) is 1. The summed E-state index contributed by atoms with van der Waals surface area (Å²) in [6, 6.07) is 7.40. The third kappa shape index (κ3) is 2.18. The lowest BCUT2D eigenvalue weighted by Crippen LogP contribution is -2.50. The molecule has 3 rings (SSSR count). The zero-order valence-electron chi connectivity index (χ0n) is 12.7. The molecule has 2 fully saturated rings. The second-order valence-corrected chi connectivity index (χ2v) is 6.92. The molecule has 1 aliphatic carbocycles. The Balaban J connectivity index is 2.01. The van der Waals surface area contributed by atoms with E-state index in [0.29, 0.717) is 17.3 Å². The normalized spacial score (nSPS) is 38.0. The van der Waals surface area contributed by atoms with E-state index in [1.807, 2.05) is 12.1 Å². The van der Waals surface area contributed by atoms with Crippen molar-refractivity contribution in [3.05, 3.63) is 35.6 Å². The smallest absolute Gasteiger partial charge is 0.126 e. The summed E-state index contributed by atoms with van der Waals surface area (Å²) < 4.78 is 14.3. The maximum atomic E-state index is 14.3. The van der Waals surface area contributed by atoms with Crippen molar-refractivity contribution in [1.82, 2.24) is 5.32 Å². The average Bonchev–Trinajstić information content (AvgIpc) is 2.46. The highest BCUT2D eigenvalue weighted by Gasteiger charge is 2.48. The van der Waals surface area contributed by atoms with E-state index in [2.05, 4.69) is 19.2 Å². The molecule has 1 nitrogen and oxygen atoms in total. The summed E-state index contributed by atoms with van der Waals surface area (Å²) in [5.74, 6) is 1.75. The summed E-state index contributed by atoms with van der Waals surface area (Å²) in [5, 5.41) is 3.50. The minimum Gasteiger partial charge on any atom is -0.316 e. The Morgan fingerprint density at radius 2 is 2.00 bits per heavy atom. The zero-order chi connectivity index (χ0) is 14.2. The number of piperidine rings is 1. The summed E-state index contributed by atoms with van der Waals surface area (Å²) in [6.07, 6.45) is 5.09. The number of halogens is 1. The Morgan fingerprint density at radius 1 is 1.20 bits per heavy atom. The first kappa shape index (κ1) is 14.1. The van der Waals surface area contributed by atoms with Crippen LogP contribution in [0.4, 0.5) is 4.39 Å². The van der Waals surface area contributed by atoms with Gasteiger partial charge in [-0.25, -0.2) is 4.39 Å². The van der Waals surface area contributed by atoms with E-state index in [0.717, 1.165) is 24.6 Å². The van der Waals surface area contributed by atoms with E-state index in [9.17, 15) is 4.39 Å². The van der Waals surface area contributed by atoms with Crippen molar-refractivity contribution < 1.29 is 4.39 Å². The van der Waals surface area contributed by atoms with Crippen LogP contribution in [0.15, 0.2) is 24.3 Å². The van der Waals surface area contributed by atoms with Gasteiger partial charge in [0.05, 0.1) is 0 Å². The van der Waals surface area contributed by atoms with Crippen LogP contribution in [0, 0.1) is 23.1 Å². The Morgan fingerprint density at radius 3 is 2.80 bits per heavy atom. The summed E-state index contributed by atoms with van der Waals surface area (Å²) in [4.78, 5) is 0. The fourth-order valence-electron chi connectivity index (χ4n) is 4.76. The van der Waals surface area contributed by atoms with Crippen LogP contribution in [0.5, 0.6) is 0 Å². The van der Waals surface area contributed by atoms with E-state index in [-0.39, 0.29) is 5.82 Å². The minimum absolute atomic E-state index is 0.0222. The molecule has 110 valence electrons. The lowest BCUT2D eigenvalue weighted by atomic mass is 9.53. The molecule has 1 saturated carbocycles. The quantitative estimate of drug-likeness (QED) is 0.803. The Bertz CT molecular complexity index is 468. The largest absolute Gasteiger partial charge is 0.316 e. The van der Waals surface area contributed by atoms with Gasteiger partial charge < -0.3 is 5.32 Å². The van der Waals surface area contributed by atoms with Crippen LogP contribution in [0.3, 0.4) is 0 Å². The number of hydrogen-bond acceptors (Lipinski definition) is 1. The molecule has 4 atom stereocenters. The van der Waals surface area contributed by atoms with Crippen molar-refractivity contribution >= 4 is 0 Å². The summed E-state index contributed by atoms with van der Waals surface area (Å²) in [7, 11) is 0. The van der Waals surface area contributed by atoms with Gasteiger partial charge in [0, 0.05) is 12.5 Å². The Labute approximate surface area is 122 Å². The minimum atomic E-state index is -0.0222. The van der Waals surface area contributed by atoms with Gasteiger partial charge in [0.15, 0.2) is 0 Å². The average molecular weight is 275 g/mol. The summed E-state index contributed by atoms with van der Waals surface area (Å²) in [6.45, 7) is 6.80. The number of nitrogens with one attached hydrogen (secondary N) is 1. The maximum absolute atomic E-state index is 14.3. The molecule has 0 radical (unpaired) electrons. The topological polar surface area (TPSA) is 12.0 Å². The van der Waals surface area contributed by atoms with Crippen LogP contribution in [-0.2, 0) is 0 Å². The van der Waals surface area contributed by atoms with Gasteiger partial charge >= 0.3 is 0 Å². The van der Waals surface area contributed by atoms with E-state index in [1.54, 1.807) is 12.1 Å². The van der Waals surface area contributed by atoms with Gasteiger partial charge in [-0.1, -0.05) is 44.9 Å². The summed E-state index contributed by atoms with van der Waals surface area (Å²) >= 11 is 0. The van der Waals surface area contributed by atoms with Gasteiger partial charge in [-0.15, -0.1) is 0 Å². The summed E-state index contributed by atoms with van der Waals surface area (Å²) in [5.41, 5.74) is 1.23. The van der Waals surface area contributed by atoms with Gasteiger partial charge in [-0.05, 0) is 48.3 Å². The van der Waals surface area contributed by atoms with Gasteiger partial charge in [-0.2, -0.15) is 0 Å². The molecule has 1 spiro atoms. The number of benzene rings is 1. The molecule has 1 aliphatic heterocycles. The Kier molecular flexibility index (Phi) is 3.85. The van der Waals surface area contributed by atoms with E-state index in [1.165, 1.54) is 25.7 Å². The van der Waals surface area contributed by atoms with Gasteiger partial charge in [0.2, 0.25) is 0 Å². The third-order valence-corrected chi connectivity index (χ3v) is 6.15. The predicted molar refractivity (Wildman–Crippen MR) is 81.2 cm³/mol. The molecule has 1 N–H and O–H groups in total. The molecule has 2 aliphatic rings. The highest BCUT2D eigenvalue weighted by molar-refractivity contribution is 5.26. The van der Waals surface area contributed by atoms with Crippen molar-refractivity contribution in [1.29, 1.82) is 0 Å². The molecule has 1 saturated heterocycles. The van der Waals surface area contributed by atoms with Crippen molar-refractivity contribution in [2.45, 2.75) is 45.4 Å². The van der Waals surface area contributed by atoms with E-state index < -0.39 is 0 Å². The van der Waals surface area contributed by atoms with Crippen molar-refractivity contribution in [2.75, 3.05) is 13.1 Å².